The quantitative estimate of drug-likeness (QED) is 0.752. The van der Waals surface area contributed by atoms with Gasteiger partial charge >= 0.3 is 0 Å². The van der Waals surface area contributed by atoms with Crippen molar-refractivity contribution in [2.24, 2.45) is 0 Å². The molecule has 0 aliphatic carbocycles. The van der Waals surface area contributed by atoms with Crippen LogP contribution >= 0.6 is 0 Å². The minimum atomic E-state index is -0.149. The molecule has 2 fully saturated rings. The Balaban J connectivity index is 1.36. The molecule has 7 nitrogen and oxygen atoms in total. The zero-order valence-electron chi connectivity index (χ0n) is 15.2. The van der Waals surface area contributed by atoms with Crippen molar-refractivity contribution in [2.75, 3.05) is 45.9 Å². The van der Waals surface area contributed by atoms with Gasteiger partial charge in [-0.1, -0.05) is 11.6 Å². The van der Waals surface area contributed by atoms with E-state index in [0.29, 0.717) is 24.8 Å². The van der Waals surface area contributed by atoms with Crippen LogP contribution in [0.15, 0.2) is 10.6 Å². The summed E-state index contributed by atoms with van der Waals surface area (Å²) in [6.07, 6.45) is 4.89. The van der Waals surface area contributed by atoms with E-state index in [1.165, 1.54) is 25.8 Å². The molecule has 1 N–H and O–H groups in total. The van der Waals surface area contributed by atoms with Crippen LogP contribution in [-0.4, -0.2) is 72.8 Å². The number of nitrogens with one attached hydrogen (secondary N) is 1. The normalized spacial score (nSPS) is 22.8. The lowest BCUT2D eigenvalue weighted by molar-refractivity contribution is 0.0305. The summed E-state index contributed by atoms with van der Waals surface area (Å²) in [5.74, 6) is 0.581. The van der Waals surface area contributed by atoms with Gasteiger partial charge in [0.05, 0.1) is 19.8 Å². The molecule has 7 heteroatoms. The molecule has 0 bridgehead atoms. The summed E-state index contributed by atoms with van der Waals surface area (Å²) < 4.78 is 10.6. The number of hydrogen-bond acceptors (Lipinski definition) is 6. The molecule has 2 saturated heterocycles. The Morgan fingerprint density at radius 2 is 2.16 bits per heavy atom. The Morgan fingerprint density at radius 1 is 1.32 bits per heavy atom. The lowest BCUT2D eigenvalue weighted by Gasteiger charge is -2.33. The monoisotopic (exact) mass is 350 g/mol. The van der Waals surface area contributed by atoms with Crippen LogP contribution in [0.25, 0.3) is 0 Å². The number of hydrogen-bond donors (Lipinski definition) is 1. The Morgan fingerprint density at radius 3 is 2.96 bits per heavy atom. The fourth-order valence-electron chi connectivity index (χ4n) is 3.54. The highest BCUT2D eigenvalue weighted by Gasteiger charge is 2.18. The predicted molar refractivity (Wildman–Crippen MR) is 94.4 cm³/mol. The van der Waals surface area contributed by atoms with Gasteiger partial charge in [0.15, 0.2) is 11.5 Å². The summed E-state index contributed by atoms with van der Waals surface area (Å²) in [6, 6.07) is 2.42. The van der Waals surface area contributed by atoms with Crippen molar-refractivity contribution in [3.8, 4) is 0 Å². The van der Waals surface area contributed by atoms with Crippen molar-refractivity contribution in [3.05, 3.63) is 17.5 Å². The number of rotatable bonds is 7. The highest BCUT2D eigenvalue weighted by atomic mass is 16.5. The van der Waals surface area contributed by atoms with E-state index in [9.17, 15) is 4.79 Å². The van der Waals surface area contributed by atoms with Gasteiger partial charge in [-0.3, -0.25) is 9.69 Å². The van der Waals surface area contributed by atoms with Gasteiger partial charge in [-0.15, -0.1) is 0 Å². The van der Waals surface area contributed by atoms with Crippen LogP contribution in [0.1, 0.15) is 48.9 Å². The average Bonchev–Trinajstić information content (AvgIpc) is 3.09. The van der Waals surface area contributed by atoms with Crippen LogP contribution in [0.3, 0.4) is 0 Å². The molecule has 0 radical (unpaired) electrons. The first-order valence-electron chi connectivity index (χ1n) is 9.50. The van der Waals surface area contributed by atoms with E-state index in [-0.39, 0.29) is 5.91 Å². The molecule has 2 aliphatic heterocycles. The van der Waals surface area contributed by atoms with Gasteiger partial charge in [-0.25, -0.2) is 0 Å². The largest absolute Gasteiger partial charge is 0.379 e. The van der Waals surface area contributed by atoms with E-state index >= 15 is 0 Å². The third-order valence-corrected chi connectivity index (χ3v) is 5.12. The molecule has 3 rings (SSSR count). The highest BCUT2D eigenvalue weighted by molar-refractivity contribution is 5.92. The van der Waals surface area contributed by atoms with Gasteiger partial charge in [-0.05, 0) is 32.7 Å². The second-order valence-electron chi connectivity index (χ2n) is 7.06. The number of aromatic nitrogens is 1. The predicted octanol–water partition coefficient (Wildman–Crippen LogP) is 1.50. The van der Waals surface area contributed by atoms with Crippen molar-refractivity contribution in [2.45, 2.75) is 45.2 Å². The second kappa shape index (κ2) is 9.31. The summed E-state index contributed by atoms with van der Waals surface area (Å²) in [5, 5.41) is 6.86. The van der Waals surface area contributed by atoms with Crippen molar-refractivity contribution in [1.82, 2.24) is 20.3 Å². The van der Waals surface area contributed by atoms with Crippen molar-refractivity contribution in [1.29, 1.82) is 0 Å². The molecule has 0 spiro atoms. The SMILES string of the molecule is C[C@H]1CCCCN1CCCNC(=O)c1cc(CN2CCOCC2)on1. The Hall–Kier alpha value is -1.44. The molecule has 0 unspecified atom stereocenters. The van der Waals surface area contributed by atoms with Gasteiger partial charge in [0, 0.05) is 38.3 Å². The molecular weight excluding hydrogens is 320 g/mol. The van der Waals surface area contributed by atoms with E-state index in [0.717, 1.165) is 45.0 Å². The number of amides is 1. The first-order chi connectivity index (χ1) is 12.2. The van der Waals surface area contributed by atoms with E-state index in [4.69, 9.17) is 9.26 Å². The number of carbonyl (C=O) groups is 1. The van der Waals surface area contributed by atoms with Crippen molar-refractivity contribution in [3.63, 3.8) is 0 Å². The standard InChI is InChI=1S/C18H30N4O3/c1-15-5-2-3-7-22(15)8-4-6-19-18(23)17-13-16(25-20-17)14-21-9-11-24-12-10-21/h13,15H,2-12,14H2,1H3,(H,19,23)/t15-/m0/s1. The molecule has 140 valence electrons. The molecule has 2 aliphatic rings. The maximum Gasteiger partial charge on any atom is 0.273 e. The smallest absolute Gasteiger partial charge is 0.273 e. The first kappa shape index (κ1) is 18.4. The molecule has 3 heterocycles. The fourth-order valence-corrected chi connectivity index (χ4v) is 3.54. The summed E-state index contributed by atoms with van der Waals surface area (Å²) in [5.41, 5.74) is 0.370. The molecule has 0 aromatic carbocycles. The van der Waals surface area contributed by atoms with Crippen LogP contribution in [0.5, 0.6) is 0 Å². The topological polar surface area (TPSA) is 70.8 Å². The van der Waals surface area contributed by atoms with Gasteiger partial charge in [0.2, 0.25) is 0 Å². The van der Waals surface area contributed by atoms with Gasteiger partial charge in [0.25, 0.3) is 5.91 Å². The van der Waals surface area contributed by atoms with Crippen LogP contribution in [0, 0.1) is 0 Å². The van der Waals surface area contributed by atoms with Crippen LogP contribution < -0.4 is 5.32 Å². The van der Waals surface area contributed by atoms with E-state index in [2.05, 4.69) is 27.2 Å². The third-order valence-electron chi connectivity index (χ3n) is 5.12. The number of likely N-dealkylation sites (tertiary alicyclic amines) is 1. The molecule has 25 heavy (non-hydrogen) atoms. The minimum Gasteiger partial charge on any atom is -0.379 e. The third kappa shape index (κ3) is 5.52. The number of piperidine rings is 1. The number of morpholine rings is 1. The average molecular weight is 350 g/mol. The van der Waals surface area contributed by atoms with Crippen LogP contribution in [0.4, 0.5) is 0 Å². The lowest BCUT2D eigenvalue weighted by atomic mass is 10.0. The Kier molecular flexibility index (Phi) is 6.84. The summed E-state index contributed by atoms with van der Waals surface area (Å²) >= 11 is 0. The van der Waals surface area contributed by atoms with Gasteiger partial charge in [-0.2, -0.15) is 0 Å². The molecule has 0 saturated carbocycles. The van der Waals surface area contributed by atoms with Gasteiger partial charge in [0.1, 0.15) is 0 Å². The fraction of sp³-hybridized carbons (Fsp3) is 0.778. The highest BCUT2D eigenvalue weighted by Crippen LogP contribution is 2.16. The van der Waals surface area contributed by atoms with Crippen LogP contribution in [0.2, 0.25) is 0 Å². The summed E-state index contributed by atoms with van der Waals surface area (Å²) in [4.78, 5) is 16.9. The van der Waals surface area contributed by atoms with Crippen molar-refractivity contribution < 1.29 is 14.1 Å². The number of carbonyl (C=O) groups excluding carboxylic acids is 1. The summed E-state index contributed by atoms with van der Waals surface area (Å²) in [6.45, 7) is 9.14. The first-order valence-corrected chi connectivity index (χ1v) is 9.50. The molecule has 1 atom stereocenters. The molecule has 1 amide bonds. The minimum absolute atomic E-state index is 0.149. The maximum absolute atomic E-state index is 12.2. The Labute approximate surface area is 149 Å². The second-order valence-corrected chi connectivity index (χ2v) is 7.06. The zero-order chi connectivity index (χ0) is 17.5. The summed E-state index contributed by atoms with van der Waals surface area (Å²) in [7, 11) is 0. The Bertz CT molecular complexity index is 542. The van der Waals surface area contributed by atoms with Gasteiger partial charge < -0.3 is 19.5 Å². The van der Waals surface area contributed by atoms with Crippen molar-refractivity contribution >= 4 is 5.91 Å². The lowest BCUT2D eigenvalue weighted by Crippen LogP contribution is -2.39. The van der Waals surface area contributed by atoms with E-state index < -0.39 is 0 Å². The van der Waals surface area contributed by atoms with E-state index in [1.807, 2.05) is 0 Å². The number of nitrogens with zero attached hydrogens (tertiary/aromatic N) is 3. The van der Waals surface area contributed by atoms with E-state index in [1.54, 1.807) is 6.07 Å². The molecule has 1 aromatic rings. The van der Waals surface area contributed by atoms with Crippen LogP contribution in [-0.2, 0) is 11.3 Å². The maximum atomic E-state index is 12.2. The zero-order valence-corrected chi connectivity index (χ0v) is 15.2. The molecule has 1 aromatic heterocycles. The molecular formula is C18H30N4O3. The number of ether oxygens (including phenoxy) is 1.